The van der Waals surface area contributed by atoms with E-state index in [-0.39, 0.29) is 17.9 Å². The summed E-state index contributed by atoms with van der Waals surface area (Å²) in [6.07, 6.45) is 5.43. The molecule has 0 aromatic rings. The molecule has 0 aliphatic heterocycles. The summed E-state index contributed by atoms with van der Waals surface area (Å²) in [5.74, 6) is -0.264. The summed E-state index contributed by atoms with van der Waals surface area (Å²) in [6.45, 7) is 3.70. The first-order chi connectivity index (χ1) is 7.99. The number of aliphatic carboxylic acids is 1. The highest BCUT2D eigenvalue weighted by molar-refractivity contribution is 5.76. The second kappa shape index (κ2) is 6.62. The highest BCUT2D eigenvalue weighted by atomic mass is 16.4. The lowest BCUT2D eigenvalue weighted by Gasteiger charge is -2.14. The maximum absolute atomic E-state index is 11.5. The van der Waals surface area contributed by atoms with Gasteiger partial charge in [-0.15, -0.1) is 0 Å². The average molecular weight is 241 g/mol. The molecule has 17 heavy (non-hydrogen) atoms. The Morgan fingerprint density at radius 1 is 1.29 bits per heavy atom. The molecule has 2 atom stereocenters. The van der Waals surface area contributed by atoms with E-state index in [1.807, 2.05) is 6.92 Å². The Labute approximate surface area is 103 Å². The second-order valence-corrected chi connectivity index (χ2v) is 5.29. The van der Waals surface area contributed by atoms with Crippen molar-refractivity contribution in [3.8, 4) is 0 Å². The van der Waals surface area contributed by atoms with Gasteiger partial charge in [-0.2, -0.15) is 0 Å². The van der Waals surface area contributed by atoms with Crippen LogP contribution >= 0.6 is 0 Å². The molecule has 0 heterocycles. The minimum atomic E-state index is -0.740. The standard InChI is InChI=1S/C13H23NO3/c1-9(13(16)17)4-3-5-10(2)14-12(15)8-11-6-7-11/h9-11H,3-8H2,1-2H3,(H,14,15)(H,16,17). The number of carboxylic acid groups (broad SMARTS) is 1. The first kappa shape index (κ1) is 14.0. The van der Waals surface area contributed by atoms with Crippen molar-refractivity contribution in [1.29, 1.82) is 0 Å². The molecule has 2 N–H and O–H groups in total. The van der Waals surface area contributed by atoms with Crippen LogP contribution in [-0.4, -0.2) is 23.0 Å². The fourth-order valence-corrected chi connectivity index (χ4v) is 1.84. The molecule has 4 heteroatoms. The van der Waals surface area contributed by atoms with Gasteiger partial charge in [0.25, 0.3) is 0 Å². The topological polar surface area (TPSA) is 66.4 Å². The summed E-state index contributed by atoms with van der Waals surface area (Å²) >= 11 is 0. The van der Waals surface area contributed by atoms with Crippen LogP contribution in [0.25, 0.3) is 0 Å². The lowest BCUT2D eigenvalue weighted by atomic mass is 10.0. The fraction of sp³-hybridized carbons (Fsp3) is 0.846. The van der Waals surface area contributed by atoms with Crippen LogP contribution in [0.2, 0.25) is 0 Å². The molecule has 0 spiro atoms. The van der Waals surface area contributed by atoms with Gasteiger partial charge in [0.2, 0.25) is 5.91 Å². The molecule has 0 aromatic carbocycles. The van der Waals surface area contributed by atoms with Crippen LogP contribution in [0.1, 0.15) is 52.4 Å². The Bertz CT molecular complexity index is 274. The number of nitrogens with one attached hydrogen (secondary N) is 1. The van der Waals surface area contributed by atoms with Crippen LogP contribution in [0.5, 0.6) is 0 Å². The number of hydrogen-bond acceptors (Lipinski definition) is 2. The van der Waals surface area contributed by atoms with Gasteiger partial charge in [-0.3, -0.25) is 9.59 Å². The average Bonchev–Trinajstić information content (AvgIpc) is 3.00. The van der Waals surface area contributed by atoms with Crippen molar-refractivity contribution < 1.29 is 14.7 Å². The predicted molar refractivity (Wildman–Crippen MR) is 65.6 cm³/mol. The Morgan fingerprint density at radius 3 is 2.47 bits per heavy atom. The van der Waals surface area contributed by atoms with E-state index in [0.717, 1.165) is 12.8 Å². The van der Waals surface area contributed by atoms with Crippen molar-refractivity contribution >= 4 is 11.9 Å². The van der Waals surface area contributed by atoms with Gasteiger partial charge < -0.3 is 10.4 Å². The zero-order chi connectivity index (χ0) is 12.8. The van der Waals surface area contributed by atoms with Gasteiger partial charge in [0, 0.05) is 12.5 Å². The fourth-order valence-electron chi connectivity index (χ4n) is 1.84. The van der Waals surface area contributed by atoms with Crippen LogP contribution < -0.4 is 5.32 Å². The molecular weight excluding hydrogens is 218 g/mol. The molecule has 1 saturated carbocycles. The molecule has 1 aliphatic carbocycles. The summed E-state index contributed by atoms with van der Waals surface area (Å²) in [6, 6.07) is 0.155. The van der Waals surface area contributed by atoms with E-state index >= 15 is 0 Å². The first-order valence-corrected chi connectivity index (χ1v) is 6.51. The van der Waals surface area contributed by atoms with Crippen molar-refractivity contribution in [2.75, 3.05) is 0 Å². The Hall–Kier alpha value is -1.06. The van der Waals surface area contributed by atoms with E-state index in [9.17, 15) is 9.59 Å². The number of carbonyl (C=O) groups is 2. The zero-order valence-corrected chi connectivity index (χ0v) is 10.7. The van der Waals surface area contributed by atoms with Crippen molar-refractivity contribution in [3.05, 3.63) is 0 Å². The highest BCUT2D eigenvalue weighted by Crippen LogP contribution is 2.32. The first-order valence-electron chi connectivity index (χ1n) is 6.51. The van der Waals surface area contributed by atoms with E-state index in [4.69, 9.17) is 5.11 Å². The summed E-state index contributed by atoms with van der Waals surface area (Å²) < 4.78 is 0. The maximum atomic E-state index is 11.5. The minimum absolute atomic E-state index is 0.145. The molecule has 1 rings (SSSR count). The van der Waals surface area contributed by atoms with Crippen molar-refractivity contribution in [3.63, 3.8) is 0 Å². The smallest absolute Gasteiger partial charge is 0.306 e. The molecule has 0 aromatic heterocycles. The number of amides is 1. The van der Waals surface area contributed by atoms with Gasteiger partial charge in [0.1, 0.15) is 0 Å². The molecule has 4 nitrogen and oxygen atoms in total. The molecule has 98 valence electrons. The molecule has 1 aliphatic rings. The van der Waals surface area contributed by atoms with Crippen LogP contribution in [0.3, 0.4) is 0 Å². The molecule has 1 amide bonds. The van der Waals surface area contributed by atoms with Crippen molar-refractivity contribution in [1.82, 2.24) is 5.32 Å². The third-order valence-corrected chi connectivity index (χ3v) is 3.27. The molecule has 1 fully saturated rings. The number of rotatable bonds is 8. The van der Waals surface area contributed by atoms with E-state index in [2.05, 4.69) is 5.32 Å². The molecular formula is C13H23NO3. The second-order valence-electron chi connectivity index (χ2n) is 5.29. The van der Waals surface area contributed by atoms with E-state index < -0.39 is 5.97 Å². The van der Waals surface area contributed by atoms with Gasteiger partial charge in [0.05, 0.1) is 5.92 Å². The van der Waals surface area contributed by atoms with Crippen molar-refractivity contribution in [2.24, 2.45) is 11.8 Å². The minimum Gasteiger partial charge on any atom is -0.481 e. The SMILES string of the molecule is CC(CCCC(C)C(=O)O)NC(=O)CC1CC1. The summed E-state index contributed by atoms with van der Waals surface area (Å²) in [7, 11) is 0. The maximum Gasteiger partial charge on any atom is 0.306 e. The lowest BCUT2D eigenvalue weighted by Crippen LogP contribution is -2.32. The highest BCUT2D eigenvalue weighted by Gasteiger charge is 2.24. The molecule has 0 saturated heterocycles. The van der Waals surface area contributed by atoms with Crippen LogP contribution in [0.15, 0.2) is 0 Å². The van der Waals surface area contributed by atoms with Crippen LogP contribution in [-0.2, 0) is 9.59 Å². The lowest BCUT2D eigenvalue weighted by molar-refractivity contribution is -0.141. The van der Waals surface area contributed by atoms with E-state index in [0.29, 0.717) is 18.8 Å². The number of carbonyl (C=O) groups excluding carboxylic acids is 1. The van der Waals surface area contributed by atoms with E-state index in [1.165, 1.54) is 12.8 Å². The predicted octanol–water partition coefficient (Wildman–Crippen LogP) is 2.18. The number of carboxylic acids is 1. The normalized spacial score (nSPS) is 18.5. The molecule has 0 radical (unpaired) electrons. The zero-order valence-electron chi connectivity index (χ0n) is 10.7. The largest absolute Gasteiger partial charge is 0.481 e. The van der Waals surface area contributed by atoms with Gasteiger partial charge in [-0.25, -0.2) is 0 Å². The Morgan fingerprint density at radius 2 is 1.94 bits per heavy atom. The van der Waals surface area contributed by atoms with Gasteiger partial charge in [-0.1, -0.05) is 13.3 Å². The Kier molecular flexibility index (Phi) is 5.45. The summed E-state index contributed by atoms with van der Waals surface area (Å²) in [4.78, 5) is 22.1. The van der Waals surface area contributed by atoms with Gasteiger partial charge in [0.15, 0.2) is 0 Å². The summed E-state index contributed by atoms with van der Waals surface area (Å²) in [5, 5.41) is 11.7. The Balaban J connectivity index is 2.05. The van der Waals surface area contributed by atoms with Crippen molar-refractivity contribution in [2.45, 2.75) is 58.4 Å². The quantitative estimate of drug-likeness (QED) is 0.684. The molecule has 2 unspecified atom stereocenters. The van der Waals surface area contributed by atoms with E-state index in [1.54, 1.807) is 6.92 Å². The third kappa shape index (κ3) is 6.29. The van der Waals surface area contributed by atoms with Gasteiger partial charge in [-0.05, 0) is 38.5 Å². The summed E-state index contributed by atoms with van der Waals surface area (Å²) in [5.41, 5.74) is 0. The monoisotopic (exact) mass is 241 g/mol. The third-order valence-electron chi connectivity index (χ3n) is 3.27. The molecule has 0 bridgehead atoms. The van der Waals surface area contributed by atoms with Gasteiger partial charge >= 0.3 is 5.97 Å². The number of hydrogen-bond donors (Lipinski definition) is 2. The van der Waals surface area contributed by atoms with Crippen LogP contribution in [0, 0.1) is 11.8 Å². The van der Waals surface area contributed by atoms with Crippen LogP contribution in [0.4, 0.5) is 0 Å².